The van der Waals surface area contributed by atoms with E-state index in [-0.39, 0.29) is 11.5 Å². The lowest BCUT2D eigenvalue weighted by molar-refractivity contribution is 0.0789. The molecule has 3 heteroatoms. The Balaban J connectivity index is 2.62. The first-order valence-corrected chi connectivity index (χ1v) is 5.91. The van der Waals surface area contributed by atoms with Crippen LogP contribution in [-0.2, 0) is 5.41 Å². The Hall–Kier alpha value is -1.22. The lowest BCUT2D eigenvalue weighted by Crippen LogP contribution is -2.15. The Kier molecular flexibility index (Phi) is 2.82. The monoisotopic (exact) mass is 236 g/mol. The first-order valence-electron chi connectivity index (χ1n) is 5.91. The Morgan fingerprint density at radius 2 is 1.94 bits per heavy atom. The van der Waals surface area contributed by atoms with Gasteiger partial charge in [0.25, 0.3) is 0 Å². The molecule has 0 fully saturated rings. The summed E-state index contributed by atoms with van der Waals surface area (Å²) in [6.07, 6.45) is -0.764. The van der Waals surface area contributed by atoms with Crippen molar-refractivity contribution in [2.75, 3.05) is 7.11 Å². The van der Waals surface area contributed by atoms with Crippen molar-refractivity contribution in [3.63, 3.8) is 0 Å². The van der Waals surface area contributed by atoms with Gasteiger partial charge in [-0.05, 0) is 24.5 Å². The molecule has 1 aromatic carbocycles. The van der Waals surface area contributed by atoms with Gasteiger partial charge in [0, 0.05) is 11.1 Å². The lowest BCUT2D eigenvalue weighted by Gasteiger charge is -2.22. The van der Waals surface area contributed by atoms with Crippen LogP contribution in [0.25, 0.3) is 0 Å². The second-order valence-corrected chi connectivity index (χ2v) is 5.61. The zero-order chi connectivity index (χ0) is 12.8. The maximum Gasteiger partial charge on any atom is 0.129 e. The van der Waals surface area contributed by atoms with Crippen LogP contribution in [0.3, 0.4) is 0 Å². The molecule has 0 saturated heterocycles. The number of rotatable bonds is 1. The maximum absolute atomic E-state index is 10.1. The van der Waals surface area contributed by atoms with Crippen molar-refractivity contribution in [2.24, 2.45) is 0 Å². The lowest BCUT2D eigenvalue weighted by atomic mass is 9.84. The summed E-state index contributed by atoms with van der Waals surface area (Å²) >= 11 is 0. The highest BCUT2D eigenvalue weighted by Gasteiger charge is 2.34. The quantitative estimate of drug-likeness (QED) is 0.815. The Morgan fingerprint density at radius 1 is 1.29 bits per heavy atom. The molecule has 94 valence electrons. The number of hydrogen-bond donors (Lipinski definition) is 1. The average molecular weight is 236 g/mol. The third kappa shape index (κ3) is 2.00. The second kappa shape index (κ2) is 3.91. The molecular formula is C14H20O3. The number of aliphatic hydroxyl groups is 1. The molecule has 2 rings (SSSR count). The normalized spacial score (nSPS) is 23.2. The van der Waals surface area contributed by atoms with E-state index in [0.717, 1.165) is 22.6 Å². The molecule has 0 radical (unpaired) electrons. The van der Waals surface area contributed by atoms with Crippen molar-refractivity contribution in [3.05, 3.63) is 23.3 Å². The topological polar surface area (TPSA) is 38.7 Å². The predicted octanol–water partition coefficient (Wildman–Crippen LogP) is 2.81. The first kappa shape index (κ1) is 12.2. The van der Waals surface area contributed by atoms with Gasteiger partial charge in [-0.3, -0.25) is 0 Å². The van der Waals surface area contributed by atoms with Crippen LogP contribution in [0.1, 0.15) is 44.9 Å². The third-order valence-corrected chi connectivity index (χ3v) is 3.20. The van der Waals surface area contributed by atoms with Gasteiger partial charge < -0.3 is 14.6 Å². The van der Waals surface area contributed by atoms with E-state index in [4.69, 9.17) is 9.47 Å². The molecular weight excluding hydrogens is 216 g/mol. The highest BCUT2D eigenvalue weighted by Crippen LogP contribution is 2.45. The summed E-state index contributed by atoms with van der Waals surface area (Å²) in [6.45, 7) is 8.26. The maximum atomic E-state index is 10.1. The fourth-order valence-corrected chi connectivity index (χ4v) is 2.15. The van der Waals surface area contributed by atoms with Gasteiger partial charge in [0.1, 0.15) is 23.7 Å². The molecule has 0 spiro atoms. The molecule has 1 aromatic rings. The number of hydrogen-bond acceptors (Lipinski definition) is 3. The van der Waals surface area contributed by atoms with E-state index in [1.165, 1.54) is 0 Å². The van der Waals surface area contributed by atoms with Crippen LogP contribution in [0.5, 0.6) is 11.5 Å². The smallest absolute Gasteiger partial charge is 0.129 e. The van der Waals surface area contributed by atoms with E-state index >= 15 is 0 Å². The summed E-state index contributed by atoms with van der Waals surface area (Å²) < 4.78 is 11.1. The Morgan fingerprint density at radius 3 is 2.47 bits per heavy atom. The van der Waals surface area contributed by atoms with Crippen molar-refractivity contribution < 1.29 is 14.6 Å². The van der Waals surface area contributed by atoms with Gasteiger partial charge in [-0.1, -0.05) is 20.8 Å². The summed E-state index contributed by atoms with van der Waals surface area (Å²) in [6, 6.07) is 3.85. The number of methoxy groups -OCH3 is 1. The molecule has 1 aliphatic heterocycles. The van der Waals surface area contributed by atoms with Crippen molar-refractivity contribution in [1.29, 1.82) is 0 Å². The van der Waals surface area contributed by atoms with Crippen LogP contribution < -0.4 is 9.47 Å². The minimum Gasteiger partial charge on any atom is -0.497 e. The number of aliphatic hydroxyl groups excluding tert-OH is 1. The Labute approximate surface area is 102 Å². The zero-order valence-electron chi connectivity index (χ0n) is 11.1. The molecule has 0 aliphatic carbocycles. The molecule has 17 heavy (non-hydrogen) atoms. The zero-order valence-corrected chi connectivity index (χ0v) is 11.1. The second-order valence-electron chi connectivity index (χ2n) is 5.61. The molecule has 0 bridgehead atoms. The fourth-order valence-electron chi connectivity index (χ4n) is 2.15. The SMILES string of the molecule is COc1cc2c(c(C(C)(C)C)c1)OC(C)C2O. The molecule has 1 aliphatic rings. The van der Waals surface area contributed by atoms with Gasteiger partial charge >= 0.3 is 0 Å². The summed E-state index contributed by atoms with van der Waals surface area (Å²) in [5.41, 5.74) is 1.87. The first-order chi connectivity index (χ1) is 7.84. The van der Waals surface area contributed by atoms with E-state index in [2.05, 4.69) is 20.8 Å². The van der Waals surface area contributed by atoms with Gasteiger partial charge in [-0.25, -0.2) is 0 Å². The van der Waals surface area contributed by atoms with Crippen molar-refractivity contribution in [3.8, 4) is 11.5 Å². The largest absolute Gasteiger partial charge is 0.497 e. The predicted molar refractivity (Wildman–Crippen MR) is 66.7 cm³/mol. The van der Waals surface area contributed by atoms with Crippen LogP contribution in [0.15, 0.2) is 12.1 Å². The number of ether oxygens (including phenoxy) is 2. The van der Waals surface area contributed by atoms with Crippen LogP contribution in [-0.4, -0.2) is 18.3 Å². The number of fused-ring (bicyclic) bond motifs is 1. The minimum absolute atomic E-state index is 0.0393. The van der Waals surface area contributed by atoms with Gasteiger partial charge in [-0.15, -0.1) is 0 Å². The van der Waals surface area contributed by atoms with Crippen LogP contribution in [0.2, 0.25) is 0 Å². The average Bonchev–Trinajstić information content (AvgIpc) is 2.53. The van der Waals surface area contributed by atoms with Gasteiger partial charge in [0.15, 0.2) is 0 Å². The van der Waals surface area contributed by atoms with E-state index in [1.54, 1.807) is 7.11 Å². The molecule has 2 unspecified atom stereocenters. The van der Waals surface area contributed by atoms with Crippen molar-refractivity contribution >= 4 is 0 Å². The summed E-state index contributed by atoms with van der Waals surface area (Å²) in [7, 11) is 1.64. The van der Waals surface area contributed by atoms with Crippen molar-refractivity contribution in [1.82, 2.24) is 0 Å². The van der Waals surface area contributed by atoms with Crippen molar-refractivity contribution in [2.45, 2.75) is 45.3 Å². The van der Waals surface area contributed by atoms with E-state index in [0.29, 0.717) is 0 Å². The third-order valence-electron chi connectivity index (χ3n) is 3.20. The Bertz CT molecular complexity index is 432. The minimum atomic E-state index is -0.568. The van der Waals surface area contributed by atoms with E-state index in [1.807, 2.05) is 19.1 Å². The highest BCUT2D eigenvalue weighted by molar-refractivity contribution is 5.53. The number of benzene rings is 1. The van der Waals surface area contributed by atoms with Gasteiger partial charge in [0.2, 0.25) is 0 Å². The summed E-state index contributed by atoms with van der Waals surface area (Å²) in [4.78, 5) is 0. The standard InChI is InChI=1S/C14H20O3/c1-8-12(15)10-6-9(16-5)7-11(13(10)17-8)14(2,3)4/h6-8,12,15H,1-5H3. The molecule has 0 amide bonds. The highest BCUT2D eigenvalue weighted by atomic mass is 16.5. The molecule has 0 saturated carbocycles. The molecule has 0 aromatic heterocycles. The molecule has 1 N–H and O–H groups in total. The summed E-state index contributed by atoms with van der Waals surface area (Å²) in [5, 5.41) is 10.1. The molecule has 1 heterocycles. The summed E-state index contributed by atoms with van der Waals surface area (Å²) in [5.74, 6) is 1.59. The van der Waals surface area contributed by atoms with Crippen LogP contribution in [0.4, 0.5) is 0 Å². The van der Waals surface area contributed by atoms with Gasteiger partial charge in [0.05, 0.1) is 7.11 Å². The molecule has 3 nitrogen and oxygen atoms in total. The van der Waals surface area contributed by atoms with E-state index in [9.17, 15) is 5.11 Å². The van der Waals surface area contributed by atoms with Gasteiger partial charge in [-0.2, -0.15) is 0 Å². The van der Waals surface area contributed by atoms with Crippen LogP contribution in [0, 0.1) is 0 Å². The van der Waals surface area contributed by atoms with Crippen LogP contribution >= 0.6 is 0 Å². The van der Waals surface area contributed by atoms with E-state index < -0.39 is 6.10 Å². The molecule has 2 atom stereocenters. The fraction of sp³-hybridized carbons (Fsp3) is 0.571.